The SMILES string of the molecule is CCCSCCCCCCCCCCCCCCCC(F)(F)F. The first kappa shape index (κ1) is 23.1. The highest BCUT2D eigenvalue weighted by Crippen LogP contribution is 2.23. The molecule has 0 N–H and O–H groups in total. The summed E-state index contributed by atoms with van der Waals surface area (Å²) in [6, 6.07) is 0. The first-order chi connectivity index (χ1) is 11.1. The van der Waals surface area contributed by atoms with E-state index in [1.807, 2.05) is 0 Å². The smallest absolute Gasteiger partial charge is 0.171 e. The van der Waals surface area contributed by atoms with Crippen LogP contribution >= 0.6 is 11.8 Å². The molecule has 0 fully saturated rings. The van der Waals surface area contributed by atoms with Gasteiger partial charge in [0.05, 0.1) is 0 Å². The van der Waals surface area contributed by atoms with Crippen LogP contribution in [0.25, 0.3) is 0 Å². The summed E-state index contributed by atoms with van der Waals surface area (Å²) in [6.07, 6.45) is 11.8. The van der Waals surface area contributed by atoms with Gasteiger partial charge in [-0.1, -0.05) is 77.6 Å². The van der Waals surface area contributed by atoms with Gasteiger partial charge in [0.15, 0.2) is 0 Å². The van der Waals surface area contributed by atoms with Crippen molar-refractivity contribution in [1.29, 1.82) is 0 Å². The lowest BCUT2D eigenvalue weighted by Crippen LogP contribution is -2.06. The molecule has 140 valence electrons. The summed E-state index contributed by atoms with van der Waals surface area (Å²) in [5.74, 6) is 2.64. The number of hydrogen-bond donors (Lipinski definition) is 0. The minimum Gasteiger partial charge on any atom is -0.171 e. The van der Waals surface area contributed by atoms with Crippen molar-refractivity contribution in [2.24, 2.45) is 0 Å². The summed E-state index contributed by atoms with van der Waals surface area (Å²) in [5.41, 5.74) is 0. The van der Waals surface area contributed by atoms with E-state index < -0.39 is 12.6 Å². The van der Waals surface area contributed by atoms with Crippen molar-refractivity contribution in [2.45, 2.75) is 109 Å². The van der Waals surface area contributed by atoms with Crippen molar-refractivity contribution in [3.8, 4) is 0 Å². The van der Waals surface area contributed by atoms with E-state index in [1.54, 1.807) is 0 Å². The van der Waals surface area contributed by atoms with E-state index in [9.17, 15) is 13.2 Å². The van der Waals surface area contributed by atoms with Crippen molar-refractivity contribution in [2.75, 3.05) is 11.5 Å². The quantitative estimate of drug-likeness (QED) is 0.237. The Hall–Kier alpha value is 0.140. The molecule has 0 aliphatic carbocycles. The third-order valence-electron chi connectivity index (χ3n) is 4.10. The minimum absolute atomic E-state index is 0.306. The van der Waals surface area contributed by atoms with Crippen LogP contribution in [0.15, 0.2) is 0 Å². The topological polar surface area (TPSA) is 0 Å². The fourth-order valence-electron chi connectivity index (χ4n) is 2.72. The maximum atomic E-state index is 12.0. The molecule has 4 heteroatoms. The molecule has 0 aliphatic heterocycles. The Morgan fingerprint density at radius 3 is 1.35 bits per heavy atom. The molecule has 0 saturated carbocycles. The van der Waals surface area contributed by atoms with Gasteiger partial charge in [-0.15, -0.1) is 0 Å². The summed E-state index contributed by atoms with van der Waals surface area (Å²) < 4.78 is 35.9. The molecule has 0 saturated heterocycles. The van der Waals surface area contributed by atoms with E-state index in [0.717, 1.165) is 19.3 Å². The molecule has 0 nitrogen and oxygen atoms in total. The Morgan fingerprint density at radius 2 is 0.957 bits per heavy atom. The molecule has 0 spiro atoms. The third-order valence-corrected chi connectivity index (χ3v) is 5.37. The lowest BCUT2D eigenvalue weighted by molar-refractivity contribution is -0.135. The number of thioether (sulfide) groups is 1. The number of halogens is 3. The Balaban J connectivity index is 3.00. The zero-order valence-corrected chi connectivity index (χ0v) is 15.9. The Kier molecular flexibility index (Phi) is 17.1. The average molecular weight is 355 g/mol. The molecule has 23 heavy (non-hydrogen) atoms. The van der Waals surface area contributed by atoms with Gasteiger partial charge in [-0.05, 0) is 30.8 Å². The molecule has 0 aromatic heterocycles. The van der Waals surface area contributed by atoms with Crippen molar-refractivity contribution < 1.29 is 13.2 Å². The molecule has 0 unspecified atom stereocenters. The Labute approximate surface area is 146 Å². The van der Waals surface area contributed by atoms with Crippen LogP contribution in [0.5, 0.6) is 0 Å². The summed E-state index contributed by atoms with van der Waals surface area (Å²) >= 11 is 2.08. The zero-order valence-electron chi connectivity index (χ0n) is 15.1. The maximum Gasteiger partial charge on any atom is 0.389 e. The van der Waals surface area contributed by atoms with Gasteiger partial charge < -0.3 is 0 Å². The molecule has 0 rings (SSSR count). The highest BCUT2D eigenvalue weighted by Gasteiger charge is 2.25. The maximum absolute atomic E-state index is 12.0. The molecule has 0 radical (unpaired) electrons. The monoisotopic (exact) mass is 354 g/mol. The second kappa shape index (κ2) is 17.0. The average Bonchev–Trinajstić information content (AvgIpc) is 2.49. The summed E-state index contributed by atoms with van der Waals surface area (Å²) in [7, 11) is 0. The fourth-order valence-corrected chi connectivity index (χ4v) is 3.62. The van der Waals surface area contributed by atoms with Gasteiger partial charge in [0.1, 0.15) is 0 Å². The molecule has 0 aromatic rings. The molecule has 0 aliphatic rings. The van der Waals surface area contributed by atoms with Crippen LogP contribution in [0, 0.1) is 0 Å². The van der Waals surface area contributed by atoms with E-state index in [1.165, 1.54) is 75.7 Å². The minimum atomic E-state index is -3.96. The standard InChI is InChI=1S/C19H37F3S/c1-2-17-23-18-15-13-11-9-7-5-3-4-6-8-10-12-14-16-19(20,21)22/h2-18H2,1H3. The molecule has 0 aromatic carbocycles. The van der Waals surface area contributed by atoms with Gasteiger partial charge in [-0.2, -0.15) is 24.9 Å². The van der Waals surface area contributed by atoms with Gasteiger partial charge in [0, 0.05) is 6.42 Å². The Bertz CT molecular complexity index is 229. The highest BCUT2D eigenvalue weighted by atomic mass is 32.2. The largest absolute Gasteiger partial charge is 0.389 e. The normalized spacial score (nSPS) is 12.0. The van der Waals surface area contributed by atoms with E-state index in [-0.39, 0.29) is 0 Å². The first-order valence-electron chi connectivity index (χ1n) is 9.70. The molecular weight excluding hydrogens is 317 g/mol. The Morgan fingerprint density at radius 1 is 0.565 bits per heavy atom. The van der Waals surface area contributed by atoms with Crippen LogP contribution < -0.4 is 0 Å². The summed E-state index contributed by atoms with van der Waals surface area (Å²) in [6.45, 7) is 2.24. The van der Waals surface area contributed by atoms with E-state index >= 15 is 0 Å². The van der Waals surface area contributed by atoms with Crippen molar-refractivity contribution >= 4 is 11.8 Å². The lowest BCUT2D eigenvalue weighted by atomic mass is 10.0. The van der Waals surface area contributed by atoms with Crippen LogP contribution in [0.3, 0.4) is 0 Å². The summed E-state index contributed by atoms with van der Waals surface area (Å²) in [5, 5.41) is 0. The van der Waals surface area contributed by atoms with Gasteiger partial charge in [-0.25, -0.2) is 0 Å². The van der Waals surface area contributed by atoms with Crippen LogP contribution in [0.2, 0.25) is 0 Å². The van der Waals surface area contributed by atoms with Crippen LogP contribution in [-0.4, -0.2) is 17.7 Å². The molecular formula is C19H37F3S. The van der Waals surface area contributed by atoms with E-state index in [4.69, 9.17) is 0 Å². The van der Waals surface area contributed by atoms with E-state index in [0.29, 0.717) is 6.42 Å². The first-order valence-corrected chi connectivity index (χ1v) is 10.9. The summed E-state index contributed by atoms with van der Waals surface area (Å²) in [4.78, 5) is 0. The van der Waals surface area contributed by atoms with Crippen molar-refractivity contribution in [3.63, 3.8) is 0 Å². The van der Waals surface area contributed by atoms with Crippen LogP contribution in [0.4, 0.5) is 13.2 Å². The number of alkyl halides is 3. The van der Waals surface area contributed by atoms with Crippen molar-refractivity contribution in [3.05, 3.63) is 0 Å². The molecule has 0 amide bonds. The van der Waals surface area contributed by atoms with Gasteiger partial charge in [-0.3, -0.25) is 0 Å². The number of rotatable bonds is 17. The van der Waals surface area contributed by atoms with Crippen LogP contribution in [-0.2, 0) is 0 Å². The van der Waals surface area contributed by atoms with Gasteiger partial charge in [0.25, 0.3) is 0 Å². The molecule has 0 heterocycles. The second-order valence-corrected chi connectivity index (χ2v) is 7.80. The molecule has 0 bridgehead atoms. The third kappa shape index (κ3) is 22.1. The lowest BCUT2D eigenvalue weighted by Gasteiger charge is -2.05. The number of hydrogen-bond acceptors (Lipinski definition) is 1. The zero-order chi connectivity index (χ0) is 17.2. The highest BCUT2D eigenvalue weighted by molar-refractivity contribution is 7.99. The molecule has 0 atom stereocenters. The predicted octanol–water partition coefficient (Wildman–Crippen LogP) is 8.15. The van der Waals surface area contributed by atoms with Gasteiger partial charge >= 0.3 is 6.18 Å². The number of unbranched alkanes of at least 4 members (excludes halogenated alkanes) is 12. The van der Waals surface area contributed by atoms with Gasteiger partial charge in [0.2, 0.25) is 0 Å². The van der Waals surface area contributed by atoms with Crippen molar-refractivity contribution in [1.82, 2.24) is 0 Å². The predicted molar refractivity (Wildman–Crippen MR) is 98.3 cm³/mol. The van der Waals surface area contributed by atoms with E-state index in [2.05, 4.69) is 18.7 Å². The fraction of sp³-hybridized carbons (Fsp3) is 1.00. The second-order valence-electron chi connectivity index (χ2n) is 6.57. The van der Waals surface area contributed by atoms with Crippen LogP contribution in [0.1, 0.15) is 103 Å².